The minimum Gasteiger partial charge on any atom is -0.342 e. The topological polar surface area (TPSA) is 20.3 Å². The van der Waals surface area contributed by atoms with Crippen LogP contribution in [0.2, 0.25) is 0 Å². The van der Waals surface area contributed by atoms with Crippen LogP contribution in [-0.4, -0.2) is 23.9 Å². The van der Waals surface area contributed by atoms with Gasteiger partial charge in [0.15, 0.2) is 0 Å². The van der Waals surface area contributed by atoms with Crippen LogP contribution in [0.4, 0.5) is 0 Å². The van der Waals surface area contributed by atoms with Crippen molar-refractivity contribution < 1.29 is 4.79 Å². The first-order chi connectivity index (χ1) is 8.26. The molecule has 2 nitrogen and oxygen atoms in total. The van der Waals surface area contributed by atoms with Gasteiger partial charge in [0.25, 0.3) is 0 Å². The summed E-state index contributed by atoms with van der Waals surface area (Å²) in [7, 11) is 0. The molecule has 101 valence electrons. The molecular weight excluding hydrogens is 210 g/mol. The van der Waals surface area contributed by atoms with Crippen LogP contribution in [0, 0.1) is 6.42 Å². The van der Waals surface area contributed by atoms with Crippen LogP contribution in [0.1, 0.15) is 72.1 Å². The first kappa shape index (κ1) is 16.5. The summed E-state index contributed by atoms with van der Waals surface area (Å²) in [6, 6.07) is 0. The SMILES string of the molecule is C[CH]C(=O)N(CCCCCC)CCCCCC. The van der Waals surface area contributed by atoms with Crippen LogP contribution in [0.15, 0.2) is 0 Å². The Morgan fingerprint density at radius 2 is 1.35 bits per heavy atom. The van der Waals surface area contributed by atoms with Gasteiger partial charge in [-0.15, -0.1) is 0 Å². The van der Waals surface area contributed by atoms with Gasteiger partial charge in [-0.1, -0.05) is 59.3 Å². The van der Waals surface area contributed by atoms with Crippen molar-refractivity contribution in [1.82, 2.24) is 4.90 Å². The van der Waals surface area contributed by atoms with E-state index in [4.69, 9.17) is 0 Å². The van der Waals surface area contributed by atoms with Gasteiger partial charge in [0.2, 0.25) is 5.91 Å². The lowest BCUT2D eigenvalue weighted by molar-refractivity contribution is -0.127. The predicted molar refractivity (Wildman–Crippen MR) is 74.8 cm³/mol. The maximum absolute atomic E-state index is 11.7. The summed E-state index contributed by atoms with van der Waals surface area (Å²) in [5.41, 5.74) is 0. The predicted octanol–water partition coefficient (Wildman–Crippen LogP) is 4.20. The fourth-order valence-corrected chi connectivity index (χ4v) is 1.97. The molecule has 0 bridgehead atoms. The third-order valence-corrected chi connectivity index (χ3v) is 3.12. The van der Waals surface area contributed by atoms with E-state index in [1.165, 1.54) is 38.5 Å². The number of nitrogens with zero attached hydrogens (tertiary/aromatic N) is 1. The van der Waals surface area contributed by atoms with Crippen molar-refractivity contribution in [3.63, 3.8) is 0 Å². The normalized spacial score (nSPS) is 10.5. The van der Waals surface area contributed by atoms with E-state index in [9.17, 15) is 4.79 Å². The molecule has 0 rings (SSSR count). The Balaban J connectivity index is 3.76. The van der Waals surface area contributed by atoms with Crippen molar-refractivity contribution >= 4 is 5.91 Å². The minimum absolute atomic E-state index is 0.206. The second kappa shape index (κ2) is 11.9. The summed E-state index contributed by atoms with van der Waals surface area (Å²) in [4.78, 5) is 13.7. The highest BCUT2D eigenvalue weighted by Gasteiger charge is 2.10. The lowest BCUT2D eigenvalue weighted by Gasteiger charge is -2.22. The lowest BCUT2D eigenvalue weighted by atomic mass is 10.1. The number of unbranched alkanes of at least 4 members (excludes halogenated alkanes) is 6. The van der Waals surface area contributed by atoms with Gasteiger partial charge < -0.3 is 4.90 Å². The first-order valence-electron chi connectivity index (χ1n) is 7.34. The molecule has 0 aromatic rings. The molecule has 0 atom stereocenters. The Morgan fingerprint density at radius 1 is 0.882 bits per heavy atom. The Kier molecular flexibility index (Phi) is 11.6. The molecule has 17 heavy (non-hydrogen) atoms. The summed E-state index contributed by atoms with van der Waals surface area (Å²) >= 11 is 0. The van der Waals surface area contributed by atoms with Gasteiger partial charge in [-0.05, 0) is 12.8 Å². The molecule has 0 saturated carbocycles. The van der Waals surface area contributed by atoms with E-state index in [0.717, 1.165) is 25.9 Å². The summed E-state index contributed by atoms with van der Waals surface area (Å²) in [6.07, 6.45) is 11.6. The van der Waals surface area contributed by atoms with E-state index >= 15 is 0 Å². The Labute approximate surface area is 108 Å². The summed E-state index contributed by atoms with van der Waals surface area (Å²) in [6.45, 7) is 8.15. The van der Waals surface area contributed by atoms with Gasteiger partial charge in [-0.25, -0.2) is 0 Å². The highest BCUT2D eigenvalue weighted by molar-refractivity contribution is 5.84. The Bertz CT molecular complexity index is 168. The maximum atomic E-state index is 11.7. The minimum atomic E-state index is 0.206. The van der Waals surface area contributed by atoms with Crippen molar-refractivity contribution in [2.24, 2.45) is 0 Å². The van der Waals surface area contributed by atoms with Gasteiger partial charge in [0.05, 0.1) is 0 Å². The molecule has 0 fully saturated rings. The fraction of sp³-hybridized carbons (Fsp3) is 0.867. The molecule has 0 aliphatic carbocycles. The van der Waals surface area contributed by atoms with Gasteiger partial charge in [-0.3, -0.25) is 4.79 Å². The average molecular weight is 240 g/mol. The fourth-order valence-electron chi connectivity index (χ4n) is 1.97. The van der Waals surface area contributed by atoms with Crippen molar-refractivity contribution in [2.75, 3.05) is 13.1 Å². The second-order valence-corrected chi connectivity index (χ2v) is 4.74. The quantitative estimate of drug-likeness (QED) is 0.496. The zero-order chi connectivity index (χ0) is 12.9. The molecule has 0 aromatic carbocycles. The van der Waals surface area contributed by atoms with E-state index in [-0.39, 0.29) is 5.91 Å². The van der Waals surface area contributed by atoms with Gasteiger partial charge in [-0.2, -0.15) is 0 Å². The molecule has 1 amide bonds. The third-order valence-electron chi connectivity index (χ3n) is 3.12. The van der Waals surface area contributed by atoms with E-state index in [0.29, 0.717) is 0 Å². The molecule has 0 unspecified atom stereocenters. The van der Waals surface area contributed by atoms with E-state index in [2.05, 4.69) is 13.8 Å². The molecule has 1 radical (unpaired) electrons. The molecule has 0 aliphatic heterocycles. The molecule has 0 aliphatic rings. The Hall–Kier alpha value is -0.530. The van der Waals surface area contributed by atoms with Gasteiger partial charge >= 0.3 is 0 Å². The number of rotatable bonds is 11. The zero-order valence-electron chi connectivity index (χ0n) is 12.0. The lowest BCUT2D eigenvalue weighted by Crippen LogP contribution is -2.32. The van der Waals surface area contributed by atoms with E-state index in [1.807, 2.05) is 11.8 Å². The summed E-state index contributed by atoms with van der Waals surface area (Å²) in [5, 5.41) is 0. The molecule has 0 saturated heterocycles. The van der Waals surface area contributed by atoms with Crippen LogP contribution in [0.5, 0.6) is 0 Å². The van der Waals surface area contributed by atoms with Crippen LogP contribution >= 0.6 is 0 Å². The van der Waals surface area contributed by atoms with Crippen LogP contribution in [-0.2, 0) is 4.79 Å². The highest BCUT2D eigenvalue weighted by atomic mass is 16.2. The molecular formula is C15H30NO. The number of amides is 1. The maximum Gasteiger partial charge on any atom is 0.226 e. The van der Waals surface area contributed by atoms with E-state index in [1.54, 1.807) is 6.42 Å². The average Bonchev–Trinajstić information content (AvgIpc) is 2.36. The number of hydrogen-bond donors (Lipinski definition) is 0. The van der Waals surface area contributed by atoms with Crippen molar-refractivity contribution in [2.45, 2.75) is 72.1 Å². The van der Waals surface area contributed by atoms with Crippen molar-refractivity contribution in [3.05, 3.63) is 6.42 Å². The smallest absolute Gasteiger partial charge is 0.226 e. The first-order valence-corrected chi connectivity index (χ1v) is 7.34. The largest absolute Gasteiger partial charge is 0.342 e. The standard InChI is InChI=1S/C15H30NO/c1-4-7-9-11-13-16(15(17)6-3)14-12-10-8-5-2/h6H,4-5,7-14H2,1-3H3. The molecule has 0 N–H and O–H groups in total. The van der Waals surface area contributed by atoms with Crippen molar-refractivity contribution in [3.8, 4) is 0 Å². The van der Waals surface area contributed by atoms with Crippen molar-refractivity contribution in [1.29, 1.82) is 0 Å². The molecule has 0 aromatic heterocycles. The van der Waals surface area contributed by atoms with Crippen LogP contribution in [0.3, 0.4) is 0 Å². The third kappa shape index (κ3) is 9.20. The number of carbonyl (C=O) groups is 1. The molecule has 0 spiro atoms. The zero-order valence-corrected chi connectivity index (χ0v) is 12.0. The number of hydrogen-bond acceptors (Lipinski definition) is 1. The molecule has 0 heterocycles. The molecule has 2 heteroatoms. The van der Waals surface area contributed by atoms with Gasteiger partial charge in [0.1, 0.15) is 0 Å². The van der Waals surface area contributed by atoms with Gasteiger partial charge in [0, 0.05) is 19.5 Å². The van der Waals surface area contributed by atoms with E-state index < -0.39 is 0 Å². The van der Waals surface area contributed by atoms with Crippen LogP contribution < -0.4 is 0 Å². The highest BCUT2D eigenvalue weighted by Crippen LogP contribution is 2.06. The Morgan fingerprint density at radius 3 is 1.71 bits per heavy atom. The van der Waals surface area contributed by atoms with Crippen LogP contribution in [0.25, 0.3) is 0 Å². The number of carbonyl (C=O) groups excluding carboxylic acids is 1. The summed E-state index contributed by atoms with van der Waals surface area (Å²) in [5.74, 6) is 0.206. The second-order valence-electron chi connectivity index (χ2n) is 4.74. The monoisotopic (exact) mass is 240 g/mol. The summed E-state index contributed by atoms with van der Waals surface area (Å²) < 4.78 is 0.